The van der Waals surface area contributed by atoms with Crippen molar-refractivity contribution in [3.05, 3.63) is 81.9 Å². The number of likely N-dealkylation sites (tertiary alicyclic amines) is 1. The van der Waals surface area contributed by atoms with Crippen LogP contribution in [0.1, 0.15) is 46.7 Å². The Morgan fingerprint density at radius 3 is 2.61 bits per heavy atom. The molecule has 9 nitrogen and oxygen atoms in total. The van der Waals surface area contributed by atoms with Gasteiger partial charge in [0.1, 0.15) is 22.9 Å². The van der Waals surface area contributed by atoms with E-state index in [1.54, 1.807) is 31.2 Å². The van der Waals surface area contributed by atoms with Crippen molar-refractivity contribution in [3.8, 4) is 11.5 Å². The fraction of sp³-hybridized carbons (Fsp3) is 0.406. The maximum atomic E-state index is 15.4. The Labute approximate surface area is 256 Å². The average Bonchev–Trinajstić information content (AvgIpc) is 3.28. The molecule has 0 N–H and O–H groups in total. The number of aromatic nitrogens is 3. The number of ether oxygens (including phenoxy) is 4. The zero-order chi connectivity index (χ0) is 30.3. The molecule has 4 aliphatic rings. The first-order chi connectivity index (χ1) is 21.2. The minimum atomic E-state index is -1.20. The molecular weight excluding hydrogens is 594 g/mol. The predicted molar refractivity (Wildman–Crippen MR) is 155 cm³/mol. The Morgan fingerprint density at radius 2 is 1.93 bits per heavy atom. The zero-order valence-electron chi connectivity index (χ0n) is 24.1. The van der Waals surface area contributed by atoms with Gasteiger partial charge in [0.15, 0.2) is 17.3 Å². The standard InChI is InChI=1S/C32H29ClF2N4O5/c1-32(25-6-3-17(33)11-36-25)43-24-5-4-21(34)28(30(24)44-32)27-19-13-38(14-20(19)27)15-26-37-29-22(35)9-16(31(40)41-2)10-23(29)39(26)12-18-7-8-42-18/h3-6,9-11,18-20,27H,7-8,12-15H2,1-2H3/t18-,19-,20+,27?,32+/m0/s1. The summed E-state index contributed by atoms with van der Waals surface area (Å²) in [5.41, 5.74) is 1.97. The molecule has 8 rings (SSSR count). The number of fused-ring (bicyclic) bond motifs is 3. The second kappa shape index (κ2) is 10.1. The molecule has 2 saturated heterocycles. The lowest BCUT2D eigenvalue weighted by Crippen LogP contribution is -2.33. The van der Waals surface area contributed by atoms with Crippen molar-refractivity contribution in [2.75, 3.05) is 26.8 Å². The Balaban J connectivity index is 1.03. The number of halogens is 3. The highest BCUT2D eigenvalue weighted by atomic mass is 35.5. The highest BCUT2D eigenvalue weighted by Gasteiger charge is 2.59. The van der Waals surface area contributed by atoms with E-state index in [0.29, 0.717) is 58.8 Å². The number of piperidine rings is 1. The summed E-state index contributed by atoms with van der Waals surface area (Å²) in [6, 6.07) is 9.28. The van der Waals surface area contributed by atoms with Crippen LogP contribution in [0.3, 0.4) is 0 Å². The number of pyridine rings is 1. The molecule has 0 radical (unpaired) electrons. The normalized spacial score (nSPS) is 26.9. The number of benzene rings is 2. The van der Waals surface area contributed by atoms with Crippen molar-refractivity contribution in [2.24, 2.45) is 11.8 Å². The van der Waals surface area contributed by atoms with Crippen LogP contribution in [0.25, 0.3) is 11.0 Å². The maximum absolute atomic E-state index is 15.4. The second-order valence-electron chi connectivity index (χ2n) is 12.1. The number of nitrogens with zero attached hydrogens (tertiary/aromatic N) is 4. The molecule has 0 bridgehead atoms. The van der Waals surface area contributed by atoms with Gasteiger partial charge in [-0.3, -0.25) is 9.88 Å². The fourth-order valence-corrected chi connectivity index (χ4v) is 7.13. The van der Waals surface area contributed by atoms with Crippen molar-refractivity contribution in [1.29, 1.82) is 0 Å². The predicted octanol–water partition coefficient (Wildman–Crippen LogP) is 5.43. The number of esters is 1. The van der Waals surface area contributed by atoms with Crippen LogP contribution < -0.4 is 9.47 Å². The number of carbonyl (C=O) groups is 1. The number of rotatable bonds is 7. The lowest BCUT2D eigenvalue weighted by Gasteiger charge is -2.28. The van der Waals surface area contributed by atoms with Gasteiger partial charge in [-0.2, -0.15) is 0 Å². The second-order valence-corrected chi connectivity index (χ2v) is 12.5. The number of hydrogen-bond donors (Lipinski definition) is 0. The molecule has 4 aromatic rings. The minimum absolute atomic E-state index is 0.00600. The maximum Gasteiger partial charge on any atom is 0.338 e. The topological polar surface area (TPSA) is 87.9 Å². The van der Waals surface area contributed by atoms with Gasteiger partial charge in [0.05, 0.1) is 42.4 Å². The third kappa shape index (κ3) is 4.43. The molecule has 3 fully saturated rings. The molecule has 1 unspecified atom stereocenters. The Hall–Kier alpha value is -3.80. The Kier molecular flexibility index (Phi) is 6.37. The van der Waals surface area contributed by atoms with E-state index in [1.807, 2.05) is 4.57 Å². The van der Waals surface area contributed by atoms with E-state index < -0.39 is 17.6 Å². The third-order valence-corrected chi connectivity index (χ3v) is 9.58. The van der Waals surface area contributed by atoms with E-state index in [-0.39, 0.29) is 40.8 Å². The van der Waals surface area contributed by atoms with E-state index >= 15 is 8.78 Å². The molecule has 2 aromatic heterocycles. The average molecular weight is 623 g/mol. The van der Waals surface area contributed by atoms with Gasteiger partial charge in [0.25, 0.3) is 5.79 Å². The molecule has 0 spiro atoms. The third-order valence-electron chi connectivity index (χ3n) is 9.36. The van der Waals surface area contributed by atoms with Gasteiger partial charge in [0, 0.05) is 38.4 Å². The molecule has 3 aliphatic heterocycles. The van der Waals surface area contributed by atoms with Crippen molar-refractivity contribution in [2.45, 2.75) is 44.2 Å². The van der Waals surface area contributed by atoms with Crippen LogP contribution in [0.15, 0.2) is 42.6 Å². The molecule has 44 heavy (non-hydrogen) atoms. The van der Waals surface area contributed by atoms with E-state index in [4.69, 9.17) is 30.5 Å². The van der Waals surface area contributed by atoms with Crippen molar-refractivity contribution < 1.29 is 32.5 Å². The SMILES string of the molecule is COC(=O)c1cc(F)c2nc(CN3C[C@@H]4C(c5c(F)ccc6c5O[C@](C)(c5ccc(Cl)cn5)O6)[C@@H]4C3)n(C[C@@H]3CCO3)c2c1. The molecule has 12 heteroatoms. The first-order valence-electron chi connectivity index (χ1n) is 14.7. The van der Waals surface area contributed by atoms with Gasteiger partial charge >= 0.3 is 5.97 Å². The summed E-state index contributed by atoms with van der Waals surface area (Å²) in [7, 11) is 1.27. The van der Waals surface area contributed by atoms with Crippen LogP contribution in [-0.2, 0) is 28.4 Å². The minimum Gasteiger partial charge on any atom is -0.465 e. The van der Waals surface area contributed by atoms with Crippen molar-refractivity contribution in [3.63, 3.8) is 0 Å². The summed E-state index contributed by atoms with van der Waals surface area (Å²) in [6.45, 7) is 4.92. The Bertz CT molecular complexity index is 1800. The van der Waals surface area contributed by atoms with Crippen LogP contribution >= 0.6 is 11.6 Å². The molecule has 5 atom stereocenters. The number of imidazole rings is 1. The van der Waals surface area contributed by atoms with E-state index in [9.17, 15) is 4.79 Å². The molecular formula is C32H29ClF2N4O5. The van der Waals surface area contributed by atoms with Gasteiger partial charge in [-0.25, -0.2) is 18.6 Å². The monoisotopic (exact) mass is 622 g/mol. The van der Waals surface area contributed by atoms with Crippen molar-refractivity contribution >= 4 is 28.6 Å². The van der Waals surface area contributed by atoms with E-state index in [0.717, 1.165) is 25.6 Å². The van der Waals surface area contributed by atoms with Crippen molar-refractivity contribution in [1.82, 2.24) is 19.4 Å². The van der Waals surface area contributed by atoms with Gasteiger partial charge in [-0.15, -0.1) is 0 Å². The first-order valence-corrected chi connectivity index (χ1v) is 15.0. The summed E-state index contributed by atoms with van der Waals surface area (Å²) in [4.78, 5) is 23.5. The van der Waals surface area contributed by atoms with Gasteiger partial charge < -0.3 is 23.5 Å². The van der Waals surface area contributed by atoms with E-state index in [2.05, 4.69) is 14.9 Å². The zero-order valence-corrected chi connectivity index (χ0v) is 24.8. The molecule has 1 aliphatic carbocycles. The van der Waals surface area contributed by atoms with Crippen LogP contribution in [0.4, 0.5) is 8.78 Å². The van der Waals surface area contributed by atoms with Gasteiger partial charge in [0.2, 0.25) is 0 Å². The smallest absolute Gasteiger partial charge is 0.338 e. The Morgan fingerprint density at radius 1 is 1.14 bits per heavy atom. The summed E-state index contributed by atoms with van der Waals surface area (Å²) in [6.07, 6.45) is 2.44. The molecule has 0 amide bonds. The molecule has 2 aromatic carbocycles. The van der Waals surface area contributed by atoms with Crippen LogP contribution in [0, 0.1) is 23.5 Å². The lowest BCUT2D eigenvalue weighted by atomic mass is 10.0. The highest BCUT2D eigenvalue weighted by molar-refractivity contribution is 6.30. The van der Waals surface area contributed by atoms with Gasteiger partial charge in [-0.05, 0) is 60.6 Å². The lowest BCUT2D eigenvalue weighted by molar-refractivity contribution is -0.0721. The van der Waals surface area contributed by atoms with Crippen LogP contribution in [0.5, 0.6) is 11.5 Å². The number of hydrogen-bond acceptors (Lipinski definition) is 8. The van der Waals surface area contributed by atoms with E-state index in [1.165, 1.54) is 19.4 Å². The molecule has 1 saturated carbocycles. The molecule has 228 valence electrons. The van der Waals surface area contributed by atoms with Crippen LogP contribution in [0.2, 0.25) is 5.02 Å². The summed E-state index contributed by atoms with van der Waals surface area (Å²) < 4.78 is 55.4. The van der Waals surface area contributed by atoms with Crippen LogP contribution in [-0.4, -0.2) is 58.3 Å². The largest absolute Gasteiger partial charge is 0.465 e. The highest BCUT2D eigenvalue weighted by Crippen LogP contribution is 2.63. The quantitative estimate of drug-likeness (QED) is 0.252. The fourth-order valence-electron chi connectivity index (χ4n) is 7.02. The number of methoxy groups -OCH3 is 1. The summed E-state index contributed by atoms with van der Waals surface area (Å²) >= 11 is 6.01. The summed E-state index contributed by atoms with van der Waals surface area (Å²) in [5.74, 6) is -0.620. The molecule has 5 heterocycles. The summed E-state index contributed by atoms with van der Waals surface area (Å²) in [5, 5.41) is 0.498. The van der Waals surface area contributed by atoms with Gasteiger partial charge in [-0.1, -0.05) is 11.6 Å². The first kappa shape index (κ1) is 27.7. The number of carbonyl (C=O) groups excluding carboxylic acids is 1.